The number of hydrogen-bond acceptors (Lipinski definition) is 2. The van der Waals surface area contributed by atoms with Gasteiger partial charge in [0.2, 0.25) is 0 Å². The Hall–Kier alpha value is -2.64. The fourth-order valence-corrected chi connectivity index (χ4v) is 3.43. The molecule has 134 valence electrons. The van der Waals surface area contributed by atoms with E-state index in [1.54, 1.807) is 0 Å². The highest BCUT2D eigenvalue weighted by Crippen LogP contribution is 2.07. The summed E-state index contributed by atoms with van der Waals surface area (Å²) in [6.07, 6.45) is 7.91. The lowest BCUT2D eigenvalue weighted by Gasteiger charge is -2.20. The lowest BCUT2D eigenvalue weighted by Crippen LogP contribution is -2.17. The Balaban J connectivity index is 1.52. The lowest BCUT2D eigenvalue weighted by molar-refractivity contribution is 0.768. The monoisotopic (exact) mass is 389 g/mol. The fraction of sp³-hybridized carbons (Fsp3) is 0.100. The summed E-state index contributed by atoms with van der Waals surface area (Å²) in [5.41, 5.74) is 2.44. The van der Waals surface area contributed by atoms with Gasteiger partial charge in [-0.1, -0.05) is 68.2 Å². The van der Waals surface area contributed by atoms with Crippen molar-refractivity contribution in [2.24, 2.45) is 0 Å². The molecule has 2 aromatic carbocycles. The van der Waals surface area contributed by atoms with Crippen LogP contribution in [0.25, 0.3) is 0 Å². The van der Waals surface area contributed by atoms with E-state index >= 15 is 0 Å². The summed E-state index contributed by atoms with van der Waals surface area (Å²) in [6, 6.07) is 20.6. The van der Waals surface area contributed by atoms with Crippen LogP contribution in [-0.4, -0.2) is 25.6 Å². The molecule has 4 aromatic rings. The van der Waals surface area contributed by atoms with Crippen LogP contribution in [-0.2, 0) is 13.1 Å². The van der Waals surface area contributed by atoms with Gasteiger partial charge in [0.15, 0.2) is 0 Å². The summed E-state index contributed by atoms with van der Waals surface area (Å²) in [6.45, 7) is 1.50. The van der Waals surface area contributed by atoms with E-state index in [0.29, 0.717) is 0 Å². The number of benzene rings is 2. The molecular weight excluding hydrogens is 371 g/mol. The molecule has 0 atom stereocenters. The fourth-order valence-electron chi connectivity index (χ4n) is 2.97. The van der Waals surface area contributed by atoms with Crippen LogP contribution in [0.5, 0.6) is 0 Å². The highest BCUT2D eigenvalue weighted by Gasteiger charge is 1.99. The van der Waals surface area contributed by atoms with E-state index in [-0.39, 0.29) is 0 Å². The number of imidazole rings is 2. The molecule has 0 fully saturated rings. The zero-order chi connectivity index (χ0) is 18.6. The second kappa shape index (κ2) is 7.94. The van der Waals surface area contributed by atoms with E-state index in [1.165, 1.54) is 11.1 Å². The average molecular weight is 389 g/mol. The van der Waals surface area contributed by atoms with Gasteiger partial charge in [0.1, 0.15) is 9.54 Å². The average Bonchev–Trinajstić information content (AvgIpc) is 3.21. The molecule has 0 aliphatic carbocycles. The molecule has 27 heavy (non-hydrogen) atoms. The Morgan fingerprint density at radius 3 is 1.41 bits per heavy atom. The van der Waals surface area contributed by atoms with Gasteiger partial charge in [0.25, 0.3) is 0 Å². The van der Waals surface area contributed by atoms with Gasteiger partial charge in [0, 0.05) is 25.5 Å². The van der Waals surface area contributed by atoms with Gasteiger partial charge in [-0.2, -0.15) is 0 Å². The Labute approximate surface area is 169 Å². The predicted octanol–water partition coefficient (Wildman–Crippen LogP) is 4.38. The summed E-state index contributed by atoms with van der Waals surface area (Å²) in [7, 11) is 1.92. The van der Waals surface area contributed by atoms with Gasteiger partial charge in [-0.3, -0.25) is 0 Å². The number of aromatic nitrogens is 4. The van der Waals surface area contributed by atoms with Crippen LogP contribution in [0.3, 0.4) is 0 Å². The minimum atomic E-state index is 0.733. The highest BCUT2D eigenvalue weighted by atomic mass is 32.1. The van der Waals surface area contributed by atoms with Gasteiger partial charge in [0.05, 0.1) is 0 Å². The van der Waals surface area contributed by atoms with Crippen molar-refractivity contribution in [3.63, 3.8) is 0 Å². The van der Waals surface area contributed by atoms with Crippen molar-refractivity contribution in [1.29, 1.82) is 0 Å². The summed E-state index contributed by atoms with van der Waals surface area (Å²) >= 11 is 11.2. The molecule has 4 nitrogen and oxygen atoms in total. The minimum Gasteiger partial charge on any atom is -0.541 e. The van der Waals surface area contributed by atoms with Crippen LogP contribution in [0.1, 0.15) is 11.1 Å². The van der Waals surface area contributed by atoms with Crippen molar-refractivity contribution >= 4 is 32.0 Å². The third-order valence-corrected chi connectivity index (χ3v) is 5.28. The maximum Gasteiger partial charge on any atom is 0.135 e. The van der Waals surface area contributed by atoms with Gasteiger partial charge < -0.3 is 18.1 Å². The quantitative estimate of drug-likeness (QED) is 0.360. The van der Waals surface area contributed by atoms with E-state index in [0.717, 1.165) is 22.6 Å². The van der Waals surface area contributed by atoms with Crippen LogP contribution in [0.2, 0.25) is 0 Å². The highest BCUT2D eigenvalue weighted by molar-refractivity contribution is 7.71. The normalized spacial score (nSPS) is 11.0. The molecular formula is C20H18BN4S2-. The number of rotatable bonds is 6. The molecule has 0 spiro atoms. The summed E-state index contributed by atoms with van der Waals surface area (Å²) in [5, 5.41) is 0. The zero-order valence-electron chi connectivity index (χ0n) is 14.7. The number of hydrogen-bond donors (Lipinski definition) is 0. The minimum absolute atomic E-state index is 0.733. The van der Waals surface area contributed by atoms with E-state index in [9.17, 15) is 0 Å². The molecule has 0 saturated carbocycles. The molecule has 2 radical (unpaired) electrons. The Kier molecular flexibility index (Phi) is 5.22. The first-order chi connectivity index (χ1) is 13.2. The van der Waals surface area contributed by atoms with Gasteiger partial charge in [-0.15, -0.1) is 0 Å². The third kappa shape index (κ3) is 4.04. The van der Waals surface area contributed by atoms with Gasteiger partial charge in [-0.05, 0) is 48.0 Å². The Morgan fingerprint density at radius 2 is 1.00 bits per heavy atom. The summed E-state index contributed by atoms with van der Waals surface area (Å²) in [4.78, 5) is 0. The van der Waals surface area contributed by atoms with Crippen molar-refractivity contribution in [1.82, 2.24) is 18.1 Å². The second-order valence-electron chi connectivity index (χ2n) is 6.32. The first kappa shape index (κ1) is 17.8. The molecule has 0 unspecified atom stereocenters. The molecule has 0 bridgehead atoms. The second-order valence-corrected chi connectivity index (χ2v) is 7.05. The largest absolute Gasteiger partial charge is 0.541 e. The summed E-state index contributed by atoms with van der Waals surface area (Å²) in [5.74, 6) is 0. The first-order valence-electron chi connectivity index (χ1n) is 8.68. The maximum atomic E-state index is 5.62. The van der Waals surface area contributed by atoms with Crippen LogP contribution < -0.4 is 0 Å². The van der Waals surface area contributed by atoms with Crippen LogP contribution in [0.4, 0.5) is 0 Å². The van der Waals surface area contributed by atoms with Crippen LogP contribution in [0.15, 0.2) is 85.5 Å². The molecule has 7 heteroatoms. The van der Waals surface area contributed by atoms with Crippen molar-refractivity contribution in [3.8, 4) is 0 Å². The predicted molar refractivity (Wildman–Crippen MR) is 114 cm³/mol. The first-order valence-corrected chi connectivity index (χ1v) is 9.50. The lowest BCUT2D eigenvalue weighted by atomic mass is 10.2. The van der Waals surface area contributed by atoms with E-state index in [1.807, 2.05) is 86.8 Å². The summed E-state index contributed by atoms with van der Waals surface area (Å²) < 4.78 is 9.40. The maximum absolute atomic E-state index is 5.62. The molecule has 0 saturated heterocycles. The topological polar surface area (TPSA) is 19.7 Å². The third-order valence-electron chi connectivity index (χ3n) is 4.39. The molecule has 0 aliphatic heterocycles. The molecule has 2 heterocycles. The smallest absolute Gasteiger partial charge is 0.135 e. The Morgan fingerprint density at radius 1 is 0.593 bits per heavy atom. The standard InChI is InChI=1S/C20H18BN4S2/c26-19-22(15-17-7-3-1-4-8-17)11-13-24(19)21-25-14-12-23(20(25)27)16-18-9-5-2-6-10-18/h1-14H,15-16H2/q-1. The van der Waals surface area contributed by atoms with E-state index < -0.39 is 0 Å². The van der Waals surface area contributed by atoms with Gasteiger partial charge >= 0.3 is 0 Å². The van der Waals surface area contributed by atoms with Crippen molar-refractivity contribution in [3.05, 3.63) is 106 Å². The Bertz CT molecular complexity index is 1050. The van der Waals surface area contributed by atoms with E-state index in [2.05, 4.69) is 24.3 Å². The molecule has 2 aromatic heterocycles. The molecule has 0 amide bonds. The number of nitrogens with zero attached hydrogens (tertiary/aromatic N) is 4. The van der Waals surface area contributed by atoms with Gasteiger partial charge in [-0.25, -0.2) is 0 Å². The molecule has 4 rings (SSSR count). The van der Waals surface area contributed by atoms with E-state index in [4.69, 9.17) is 24.4 Å². The van der Waals surface area contributed by atoms with Crippen LogP contribution >= 0.6 is 24.4 Å². The molecule has 0 N–H and O–H groups in total. The van der Waals surface area contributed by atoms with Crippen molar-refractivity contribution in [2.75, 3.05) is 0 Å². The molecule has 0 aliphatic rings. The van der Waals surface area contributed by atoms with Crippen molar-refractivity contribution < 1.29 is 0 Å². The SMILES string of the molecule is S=c1n([B-]n2ccn(Cc3ccccc3)c2=S)ccn1Cc1ccccc1. The van der Waals surface area contributed by atoms with Crippen molar-refractivity contribution in [2.45, 2.75) is 13.1 Å². The van der Waals surface area contributed by atoms with Crippen LogP contribution in [0, 0.1) is 9.54 Å². The zero-order valence-corrected chi connectivity index (χ0v) is 16.3.